The molecule has 1 aliphatic heterocycles. The summed E-state index contributed by atoms with van der Waals surface area (Å²) in [5.41, 5.74) is 1.70. The number of hydrogen-bond donors (Lipinski definition) is 0. The van der Waals surface area contributed by atoms with Crippen molar-refractivity contribution >= 4 is 11.9 Å². The van der Waals surface area contributed by atoms with E-state index in [9.17, 15) is 9.59 Å². The molecule has 3 nitrogen and oxygen atoms in total. The van der Waals surface area contributed by atoms with Gasteiger partial charge in [0.1, 0.15) is 0 Å². The molecule has 0 aromatic heterocycles. The van der Waals surface area contributed by atoms with Gasteiger partial charge in [0.2, 0.25) is 0 Å². The largest absolute Gasteiger partial charge is 0.386 e. The first-order valence-corrected chi connectivity index (χ1v) is 3.88. The second-order valence-electron chi connectivity index (χ2n) is 2.99. The van der Waals surface area contributed by atoms with Gasteiger partial charge in [-0.15, -0.1) is 0 Å². The van der Waals surface area contributed by atoms with Crippen molar-refractivity contribution in [3.63, 3.8) is 0 Å². The molecule has 0 fully saturated rings. The zero-order chi connectivity index (χ0) is 8.72. The summed E-state index contributed by atoms with van der Waals surface area (Å²) in [6.45, 7) is 3.73. The lowest BCUT2D eigenvalue weighted by atomic mass is 9.90. The highest BCUT2D eigenvalue weighted by Gasteiger charge is 2.35. The molecule has 3 heteroatoms. The molecule has 2 aliphatic rings. The molecule has 0 saturated heterocycles. The molecular formula is C9H8O3. The number of ether oxygens (including phenoxy) is 1. The lowest BCUT2D eigenvalue weighted by molar-refractivity contribution is -0.151. The van der Waals surface area contributed by atoms with Gasteiger partial charge in [-0.25, -0.2) is 9.59 Å². The molecule has 0 saturated carbocycles. The summed E-state index contributed by atoms with van der Waals surface area (Å²) in [6.07, 6.45) is 2.33. The van der Waals surface area contributed by atoms with Gasteiger partial charge in [-0.05, 0) is 24.8 Å². The molecule has 0 unspecified atom stereocenters. The summed E-state index contributed by atoms with van der Waals surface area (Å²) in [5, 5.41) is 0. The van der Waals surface area contributed by atoms with E-state index in [1.807, 2.05) is 0 Å². The molecule has 12 heavy (non-hydrogen) atoms. The van der Waals surface area contributed by atoms with Gasteiger partial charge in [-0.3, -0.25) is 0 Å². The minimum atomic E-state index is -0.514. The zero-order valence-electron chi connectivity index (χ0n) is 6.55. The van der Waals surface area contributed by atoms with Crippen LogP contribution in [0.25, 0.3) is 0 Å². The Morgan fingerprint density at radius 2 is 1.92 bits per heavy atom. The third kappa shape index (κ3) is 0.826. The maximum atomic E-state index is 11.1. The van der Waals surface area contributed by atoms with E-state index in [2.05, 4.69) is 11.3 Å². The Bertz CT molecular complexity index is 323. The van der Waals surface area contributed by atoms with Gasteiger partial charge in [-0.1, -0.05) is 6.58 Å². The maximum Gasteiger partial charge on any atom is 0.346 e. The van der Waals surface area contributed by atoms with E-state index < -0.39 is 11.9 Å². The number of rotatable bonds is 0. The van der Waals surface area contributed by atoms with Crippen LogP contribution in [0.1, 0.15) is 19.3 Å². The number of carbonyl (C=O) groups is 2. The fraction of sp³-hybridized carbons (Fsp3) is 0.333. The first-order valence-electron chi connectivity index (χ1n) is 3.88. The fourth-order valence-corrected chi connectivity index (χ4v) is 1.61. The topological polar surface area (TPSA) is 43.4 Å². The van der Waals surface area contributed by atoms with Crippen molar-refractivity contribution in [2.24, 2.45) is 0 Å². The molecule has 0 aromatic rings. The Morgan fingerprint density at radius 1 is 1.17 bits per heavy atom. The summed E-state index contributed by atoms with van der Waals surface area (Å²) in [6, 6.07) is 0. The predicted molar refractivity (Wildman–Crippen MR) is 41.1 cm³/mol. The average molecular weight is 164 g/mol. The van der Waals surface area contributed by atoms with Crippen molar-refractivity contribution < 1.29 is 14.3 Å². The normalized spacial score (nSPS) is 22.8. The van der Waals surface area contributed by atoms with Gasteiger partial charge in [0, 0.05) is 0 Å². The van der Waals surface area contributed by atoms with E-state index in [4.69, 9.17) is 0 Å². The third-order valence-electron chi connectivity index (χ3n) is 2.20. The number of esters is 2. The standard InChI is InChI=1S/C9H8O3/c1-5-3-2-4-6-7(5)9(11)12-8(6)10/h1-4H2. The van der Waals surface area contributed by atoms with Crippen molar-refractivity contribution in [2.45, 2.75) is 19.3 Å². The van der Waals surface area contributed by atoms with E-state index in [1.54, 1.807) is 0 Å². The molecule has 0 spiro atoms. The van der Waals surface area contributed by atoms with E-state index in [1.165, 1.54) is 0 Å². The Kier molecular flexibility index (Phi) is 1.40. The monoisotopic (exact) mass is 164 g/mol. The van der Waals surface area contributed by atoms with Gasteiger partial charge < -0.3 is 4.74 Å². The van der Waals surface area contributed by atoms with Crippen LogP contribution in [0.15, 0.2) is 23.3 Å². The minimum Gasteiger partial charge on any atom is -0.386 e. The third-order valence-corrected chi connectivity index (χ3v) is 2.20. The molecule has 0 amide bonds. The smallest absolute Gasteiger partial charge is 0.346 e. The van der Waals surface area contributed by atoms with Gasteiger partial charge >= 0.3 is 11.9 Å². The molecular weight excluding hydrogens is 156 g/mol. The summed E-state index contributed by atoms with van der Waals surface area (Å²) in [7, 11) is 0. The van der Waals surface area contributed by atoms with E-state index in [0.717, 1.165) is 18.4 Å². The van der Waals surface area contributed by atoms with Crippen LogP contribution >= 0.6 is 0 Å². The summed E-state index contributed by atoms with van der Waals surface area (Å²) in [4.78, 5) is 22.1. The van der Waals surface area contributed by atoms with Gasteiger partial charge in [0.05, 0.1) is 11.1 Å². The van der Waals surface area contributed by atoms with Crippen LogP contribution in [-0.2, 0) is 14.3 Å². The van der Waals surface area contributed by atoms with Crippen LogP contribution in [0.4, 0.5) is 0 Å². The Balaban J connectivity index is 2.52. The molecule has 62 valence electrons. The summed E-state index contributed by atoms with van der Waals surface area (Å²) < 4.78 is 4.47. The predicted octanol–water partition coefficient (Wildman–Crippen LogP) is 1.11. The fourth-order valence-electron chi connectivity index (χ4n) is 1.61. The maximum absolute atomic E-state index is 11.1. The highest BCUT2D eigenvalue weighted by molar-refractivity contribution is 6.14. The van der Waals surface area contributed by atoms with Crippen LogP contribution in [0.3, 0.4) is 0 Å². The van der Waals surface area contributed by atoms with Crippen LogP contribution < -0.4 is 0 Å². The van der Waals surface area contributed by atoms with Crippen molar-refractivity contribution in [2.75, 3.05) is 0 Å². The molecule has 1 aliphatic carbocycles. The summed E-state index contributed by atoms with van der Waals surface area (Å²) in [5.74, 6) is -0.990. The lowest BCUT2D eigenvalue weighted by Gasteiger charge is -2.10. The molecule has 0 N–H and O–H groups in total. The highest BCUT2D eigenvalue weighted by atomic mass is 16.6. The SMILES string of the molecule is C=C1CCCC2=C1C(=O)OC2=O. The van der Waals surface area contributed by atoms with Gasteiger partial charge in [0.15, 0.2) is 0 Å². The van der Waals surface area contributed by atoms with Gasteiger partial charge in [0.25, 0.3) is 0 Å². The average Bonchev–Trinajstić information content (AvgIpc) is 2.29. The molecule has 1 heterocycles. The van der Waals surface area contributed by atoms with Crippen molar-refractivity contribution in [1.82, 2.24) is 0 Å². The van der Waals surface area contributed by atoms with Crippen LogP contribution in [-0.4, -0.2) is 11.9 Å². The summed E-state index contributed by atoms with van der Waals surface area (Å²) >= 11 is 0. The number of cyclic esters (lactones) is 2. The molecule has 0 atom stereocenters. The van der Waals surface area contributed by atoms with E-state index >= 15 is 0 Å². The van der Waals surface area contributed by atoms with Crippen LogP contribution in [0, 0.1) is 0 Å². The Morgan fingerprint density at radius 3 is 2.58 bits per heavy atom. The lowest BCUT2D eigenvalue weighted by Crippen LogP contribution is -2.04. The molecule has 2 rings (SSSR count). The second kappa shape index (κ2) is 2.30. The first kappa shape index (κ1) is 7.28. The van der Waals surface area contributed by atoms with Gasteiger partial charge in [-0.2, -0.15) is 0 Å². The van der Waals surface area contributed by atoms with Crippen molar-refractivity contribution in [3.8, 4) is 0 Å². The highest BCUT2D eigenvalue weighted by Crippen LogP contribution is 2.33. The number of hydrogen-bond acceptors (Lipinski definition) is 3. The Labute approximate surface area is 69.7 Å². The van der Waals surface area contributed by atoms with Crippen molar-refractivity contribution in [1.29, 1.82) is 0 Å². The van der Waals surface area contributed by atoms with Crippen molar-refractivity contribution in [3.05, 3.63) is 23.3 Å². The van der Waals surface area contributed by atoms with E-state index in [0.29, 0.717) is 17.6 Å². The second-order valence-corrected chi connectivity index (χ2v) is 2.99. The van der Waals surface area contributed by atoms with Crippen LogP contribution in [0.2, 0.25) is 0 Å². The molecule has 0 radical (unpaired) electrons. The van der Waals surface area contributed by atoms with Crippen LogP contribution in [0.5, 0.6) is 0 Å². The van der Waals surface area contributed by atoms with E-state index in [-0.39, 0.29) is 0 Å². The molecule has 0 bridgehead atoms. The quantitative estimate of drug-likeness (QED) is 0.398. The minimum absolute atomic E-state index is 0.436. The number of carbonyl (C=O) groups excluding carboxylic acids is 2. The first-order chi connectivity index (χ1) is 5.70. The molecule has 0 aromatic carbocycles. The Hall–Kier alpha value is -1.38. The zero-order valence-corrected chi connectivity index (χ0v) is 6.55.